The molecule has 1 amide bonds. The van der Waals surface area contributed by atoms with Gasteiger partial charge in [-0.1, -0.05) is 6.07 Å². The van der Waals surface area contributed by atoms with Gasteiger partial charge in [0.1, 0.15) is 6.20 Å². The highest BCUT2D eigenvalue weighted by atomic mass is 16.6. The Morgan fingerprint density at radius 2 is 2.09 bits per heavy atom. The van der Waals surface area contributed by atoms with Crippen molar-refractivity contribution in [3.63, 3.8) is 0 Å². The molecular weight excluding hydrogens is 304 g/mol. The molecule has 2 N–H and O–H groups in total. The number of carbonyl (C=O) groups excluding carboxylic acids is 1. The van der Waals surface area contributed by atoms with E-state index in [2.05, 4.69) is 15.5 Å². The quantitative estimate of drug-likeness (QED) is 0.586. The van der Waals surface area contributed by atoms with Gasteiger partial charge in [-0.15, -0.1) is 0 Å². The Bertz CT molecular complexity index is 713. The first-order valence-corrected chi connectivity index (χ1v) is 6.73. The largest absolute Gasteiger partial charge is 0.493 e. The molecule has 0 aliphatic rings. The minimum Gasteiger partial charge on any atom is -0.493 e. The summed E-state index contributed by atoms with van der Waals surface area (Å²) in [4.78, 5) is 22.0. The van der Waals surface area contributed by atoms with E-state index in [0.717, 1.165) is 11.8 Å². The van der Waals surface area contributed by atoms with Crippen LogP contribution in [0.15, 0.2) is 24.4 Å². The highest BCUT2D eigenvalue weighted by Gasteiger charge is 2.22. The van der Waals surface area contributed by atoms with E-state index in [9.17, 15) is 14.9 Å². The number of methoxy groups -OCH3 is 2. The van der Waals surface area contributed by atoms with Crippen LogP contribution in [0, 0.1) is 10.1 Å². The molecule has 0 bridgehead atoms. The highest BCUT2D eigenvalue weighted by Crippen LogP contribution is 2.27. The summed E-state index contributed by atoms with van der Waals surface area (Å²) in [7, 11) is 3.09. The van der Waals surface area contributed by atoms with Crippen molar-refractivity contribution in [1.29, 1.82) is 0 Å². The molecule has 0 unspecified atom stereocenters. The van der Waals surface area contributed by atoms with Crippen molar-refractivity contribution in [3.05, 3.63) is 45.8 Å². The van der Waals surface area contributed by atoms with E-state index in [4.69, 9.17) is 9.47 Å². The number of nitro groups is 1. The first-order valence-electron chi connectivity index (χ1n) is 6.73. The fourth-order valence-corrected chi connectivity index (χ4v) is 2.03. The zero-order valence-corrected chi connectivity index (χ0v) is 12.7. The first-order chi connectivity index (χ1) is 11.1. The third-order valence-electron chi connectivity index (χ3n) is 3.19. The van der Waals surface area contributed by atoms with E-state index in [1.165, 1.54) is 0 Å². The topological polar surface area (TPSA) is 119 Å². The van der Waals surface area contributed by atoms with Crippen LogP contribution in [0.2, 0.25) is 0 Å². The van der Waals surface area contributed by atoms with Gasteiger partial charge in [0.15, 0.2) is 11.5 Å². The smallest absolute Gasteiger partial charge is 0.319 e. The number of hydrogen-bond donors (Lipinski definition) is 2. The molecule has 2 rings (SSSR count). The van der Waals surface area contributed by atoms with Gasteiger partial charge in [-0.3, -0.25) is 20.0 Å². The second kappa shape index (κ2) is 7.25. The van der Waals surface area contributed by atoms with Gasteiger partial charge in [-0.25, -0.2) is 0 Å². The van der Waals surface area contributed by atoms with Crippen molar-refractivity contribution < 1.29 is 19.2 Å². The van der Waals surface area contributed by atoms with E-state index >= 15 is 0 Å². The lowest BCUT2D eigenvalue weighted by Crippen LogP contribution is -2.26. The number of hydrogen-bond acceptors (Lipinski definition) is 6. The monoisotopic (exact) mass is 320 g/mol. The molecule has 0 spiro atoms. The third kappa shape index (κ3) is 3.76. The minimum atomic E-state index is -0.660. The lowest BCUT2D eigenvalue weighted by Gasteiger charge is -2.09. The Balaban J connectivity index is 1.95. The Labute approximate surface area is 131 Å². The summed E-state index contributed by atoms with van der Waals surface area (Å²) in [5.41, 5.74) is 0.415. The first kappa shape index (κ1) is 16.3. The Hall–Kier alpha value is -3.10. The van der Waals surface area contributed by atoms with Crippen molar-refractivity contribution in [1.82, 2.24) is 15.5 Å². The molecule has 0 atom stereocenters. The molecule has 0 radical (unpaired) electrons. The van der Waals surface area contributed by atoms with Gasteiger partial charge in [-0.2, -0.15) is 5.10 Å². The molecule has 1 aromatic heterocycles. The van der Waals surface area contributed by atoms with Crippen LogP contribution in [0.25, 0.3) is 0 Å². The number of benzene rings is 1. The van der Waals surface area contributed by atoms with E-state index in [-0.39, 0.29) is 11.4 Å². The molecule has 0 aliphatic carbocycles. The minimum absolute atomic E-state index is 0.165. The van der Waals surface area contributed by atoms with E-state index in [1.54, 1.807) is 20.3 Å². The van der Waals surface area contributed by atoms with Crippen LogP contribution in [0.5, 0.6) is 11.5 Å². The summed E-state index contributed by atoms with van der Waals surface area (Å²) in [6.45, 7) is 0.310. The number of amides is 1. The van der Waals surface area contributed by atoms with Crippen LogP contribution in [0.3, 0.4) is 0 Å². The standard InChI is InChI=1S/C14H16N4O5/c1-22-11-4-3-9(7-12(11)23-2)5-6-15-14(19)13-10(18(20)21)8-16-17-13/h3-4,7-8H,5-6H2,1-2H3,(H,15,19)(H,16,17). The fourth-order valence-electron chi connectivity index (χ4n) is 2.03. The van der Waals surface area contributed by atoms with E-state index in [0.29, 0.717) is 24.5 Å². The molecule has 9 heteroatoms. The average Bonchev–Trinajstić information content (AvgIpc) is 3.04. The van der Waals surface area contributed by atoms with Crippen LogP contribution in [0.4, 0.5) is 5.69 Å². The summed E-state index contributed by atoms with van der Waals surface area (Å²) in [5.74, 6) is 0.642. The molecule has 1 heterocycles. The number of aromatic nitrogens is 2. The summed E-state index contributed by atoms with van der Waals surface area (Å²) in [6.07, 6.45) is 1.54. The summed E-state index contributed by atoms with van der Waals surface area (Å²) >= 11 is 0. The zero-order chi connectivity index (χ0) is 16.8. The Kier molecular flexibility index (Phi) is 5.13. The van der Waals surface area contributed by atoms with Gasteiger partial charge in [0.25, 0.3) is 5.91 Å². The maximum Gasteiger partial charge on any atom is 0.319 e. The Morgan fingerprint density at radius 1 is 1.35 bits per heavy atom. The number of nitrogens with zero attached hydrogens (tertiary/aromatic N) is 2. The normalized spacial score (nSPS) is 10.2. The summed E-state index contributed by atoms with van der Waals surface area (Å²) < 4.78 is 10.4. The maximum absolute atomic E-state index is 11.9. The predicted octanol–water partition coefficient (Wildman–Crippen LogP) is 1.31. The molecule has 1 aromatic carbocycles. The number of ether oxygens (including phenoxy) is 2. The number of nitrogens with one attached hydrogen (secondary N) is 2. The second-order valence-corrected chi connectivity index (χ2v) is 4.58. The van der Waals surface area contributed by atoms with Crippen molar-refractivity contribution in [2.24, 2.45) is 0 Å². The van der Waals surface area contributed by atoms with Crippen molar-refractivity contribution >= 4 is 11.6 Å². The molecule has 0 saturated heterocycles. The zero-order valence-electron chi connectivity index (χ0n) is 12.7. The summed E-state index contributed by atoms with van der Waals surface area (Å²) in [6, 6.07) is 5.44. The van der Waals surface area contributed by atoms with Gasteiger partial charge < -0.3 is 14.8 Å². The molecule has 0 fully saturated rings. The van der Waals surface area contributed by atoms with Gasteiger partial charge in [0.05, 0.1) is 19.1 Å². The highest BCUT2D eigenvalue weighted by molar-refractivity contribution is 5.95. The van der Waals surface area contributed by atoms with Gasteiger partial charge in [0.2, 0.25) is 5.69 Å². The Morgan fingerprint density at radius 3 is 2.74 bits per heavy atom. The second-order valence-electron chi connectivity index (χ2n) is 4.58. The fraction of sp³-hybridized carbons (Fsp3) is 0.286. The molecule has 0 saturated carbocycles. The predicted molar refractivity (Wildman–Crippen MR) is 80.8 cm³/mol. The number of H-pyrrole nitrogens is 1. The summed E-state index contributed by atoms with van der Waals surface area (Å²) in [5, 5.41) is 19.2. The lowest BCUT2D eigenvalue weighted by molar-refractivity contribution is -0.385. The van der Waals surface area contributed by atoms with Crippen LogP contribution in [-0.2, 0) is 6.42 Å². The van der Waals surface area contributed by atoms with Crippen molar-refractivity contribution in [2.45, 2.75) is 6.42 Å². The van der Waals surface area contributed by atoms with E-state index in [1.807, 2.05) is 12.1 Å². The van der Waals surface area contributed by atoms with Gasteiger partial charge >= 0.3 is 5.69 Å². The molecular formula is C14H16N4O5. The third-order valence-corrected chi connectivity index (χ3v) is 3.19. The number of aromatic amines is 1. The van der Waals surface area contributed by atoms with Crippen LogP contribution in [-0.4, -0.2) is 41.8 Å². The molecule has 9 nitrogen and oxygen atoms in total. The molecule has 0 aliphatic heterocycles. The molecule has 23 heavy (non-hydrogen) atoms. The SMILES string of the molecule is COc1ccc(CCNC(=O)c2[nH]ncc2[N+](=O)[O-])cc1OC. The lowest BCUT2D eigenvalue weighted by atomic mass is 10.1. The molecule has 2 aromatic rings. The van der Waals surface area contributed by atoms with Crippen LogP contribution >= 0.6 is 0 Å². The van der Waals surface area contributed by atoms with Gasteiger partial charge in [-0.05, 0) is 24.1 Å². The molecule has 122 valence electrons. The number of carbonyl (C=O) groups is 1. The maximum atomic E-state index is 11.9. The van der Waals surface area contributed by atoms with Crippen LogP contribution in [0.1, 0.15) is 16.1 Å². The van der Waals surface area contributed by atoms with E-state index < -0.39 is 10.8 Å². The van der Waals surface area contributed by atoms with Crippen LogP contribution < -0.4 is 14.8 Å². The van der Waals surface area contributed by atoms with Crippen molar-refractivity contribution in [2.75, 3.05) is 20.8 Å². The number of rotatable bonds is 7. The average molecular weight is 320 g/mol. The van der Waals surface area contributed by atoms with Crippen molar-refractivity contribution in [3.8, 4) is 11.5 Å². The van der Waals surface area contributed by atoms with Gasteiger partial charge in [0, 0.05) is 6.54 Å².